The number of methoxy groups -OCH3 is 4. The number of phenolic OH excluding ortho intramolecular Hbond substituents is 2. The van der Waals surface area contributed by atoms with Crippen molar-refractivity contribution >= 4 is 41.2 Å². The van der Waals surface area contributed by atoms with Crippen LogP contribution in [0.4, 0.5) is 15.3 Å². The molecule has 21 heteroatoms. The highest BCUT2D eigenvalue weighted by Gasteiger charge is 2.50. The summed E-state index contributed by atoms with van der Waals surface area (Å²) in [4.78, 5) is 79.9. The molecule has 68 heavy (non-hydrogen) atoms. The number of hydrogen-bond donors (Lipinski definition) is 7. The Balaban J connectivity index is 1.07. The summed E-state index contributed by atoms with van der Waals surface area (Å²) in [5.41, 5.74) is -3.50. The maximum absolute atomic E-state index is 14.0. The Morgan fingerprint density at radius 2 is 1.54 bits per heavy atom. The molecule has 4 aromatic rings. The molecule has 1 fully saturated rings. The maximum atomic E-state index is 14.0. The molecular formula is C47H48N2O19. The lowest BCUT2D eigenvalue weighted by molar-refractivity contribution is -0.249. The van der Waals surface area contributed by atoms with Crippen LogP contribution in [0.5, 0.6) is 28.7 Å². The number of aliphatic hydroxyl groups excluding tert-OH is 2. The van der Waals surface area contributed by atoms with Gasteiger partial charge in [-0.25, -0.2) is 14.4 Å². The van der Waals surface area contributed by atoms with Gasteiger partial charge in [0.15, 0.2) is 17.9 Å². The minimum atomic E-state index is -2.43. The second kappa shape index (κ2) is 19.9. The Morgan fingerprint density at radius 1 is 0.868 bits per heavy atom. The minimum absolute atomic E-state index is 0.0193. The van der Waals surface area contributed by atoms with Crippen LogP contribution in [0.15, 0.2) is 60.7 Å². The summed E-state index contributed by atoms with van der Waals surface area (Å²) in [5.74, 6) is -4.38. The van der Waals surface area contributed by atoms with Crippen molar-refractivity contribution in [3.8, 4) is 28.7 Å². The minimum Gasteiger partial charge on any atom is -0.507 e. The molecule has 0 radical (unpaired) electrons. The molecule has 0 aromatic heterocycles. The number of hydrogen-bond acceptors (Lipinski definition) is 19. The van der Waals surface area contributed by atoms with Gasteiger partial charge in [0.1, 0.15) is 53.7 Å². The van der Waals surface area contributed by atoms with Gasteiger partial charge in [0, 0.05) is 53.3 Å². The van der Waals surface area contributed by atoms with Crippen LogP contribution < -0.4 is 24.8 Å². The highest BCUT2D eigenvalue weighted by molar-refractivity contribution is 6.31. The zero-order valence-corrected chi connectivity index (χ0v) is 37.2. The Kier molecular flexibility index (Phi) is 14.2. The van der Waals surface area contributed by atoms with E-state index in [1.165, 1.54) is 70.7 Å². The Hall–Kier alpha value is -7.30. The first-order valence-corrected chi connectivity index (χ1v) is 21.0. The zero-order valence-electron chi connectivity index (χ0n) is 37.2. The van der Waals surface area contributed by atoms with E-state index in [2.05, 4.69) is 10.6 Å². The lowest BCUT2D eigenvalue weighted by Gasteiger charge is -2.42. The van der Waals surface area contributed by atoms with Crippen molar-refractivity contribution in [1.29, 1.82) is 0 Å². The van der Waals surface area contributed by atoms with Crippen molar-refractivity contribution in [2.24, 2.45) is 0 Å². The van der Waals surface area contributed by atoms with Crippen molar-refractivity contribution in [1.82, 2.24) is 5.32 Å². The van der Waals surface area contributed by atoms with Crippen molar-refractivity contribution < 1.29 is 92.2 Å². The zero-order chi connectivity index (χ0) is 49.2. The van der Waals surface area contributed by atoms with Crippen LogP contribution in [0, 0.1) is 0 Å². The van der Waals surface area contributed by atoms with Crippen LogP contribution in [0.3, 0.4) is 0 Å². The molecule has 4 aromatic carbocycles. The van der Waals surface area contributed by atoms with Crippen LogP contribution in [0.1, 0.15) is 86.1 Å². The molecule has 1 aliphatic heterocycles. The third-order valence-electron chi connectivity index (χ3n) is 11.9. The Bertz CT molecular complexity index is 2630. The van der Waals surface area contributed by atoms with Gasteiger partial charge in [0.05, 0.1) is 63.4 Å². The fraction of sp³-hybridized carbons (Fsp3) is 0.362. The number of fused-ring (bicyclic) bond motifs is 3. The number of anilines is 1. The molecule has 7 atom stereocenters. The normalized spacial score (nSPS) is 22.0. The largest absolute Gasteiger partial charge is 0.507 e. The number of carbonyl (C=O) groups is 6. The quantitative estimate of drug-likeness (QED) is 0.0476. The van der Waals surface area contributed by atoms with E-state index in [1.54, 1.807) is 18.2 Å². The van der Waals surface area contributed by atoms with Gasteiger partial charge in [-0.05, 0) is 42.8 Å². The number of esters is 1. The number of Topliss-reactive ketones (excluding diaryl/α,β-unsaturated/α-hetero) is 1. The molecule has 1 heterocycles. The molecule has 360 valence electrons. The van der Waals surface area contributed by atoms with Crippen LogP contribution in [0.2, 0.25) is 0 Å². The first-order chi connectivity index (χ1) is 32.4. The van der Waals surface area contributed by atoms with Gasteiger partial charge in [-0.1, -0.05) is 24.3 Å². The molecule has 0 spiro atoms. The van der Waals surface area contributed by atoms with Crippen molar-refractivity contribution in [2.45, 2.75) is 75.1 Å². The topological polar surface area (TPSA) is 301 Å². The van der Waals surface area contributed by atoms with Crippen LogP contribution in [0.25, 0.3) is 0 Å². The molecule has 7 rings (SSSR count). The van der Waals surface area contributed by atoms with E-state index in [-0.39, 0.29) is 52.3 Å². The van der Waals surface area contributed by atoms with Crippen molar-refractivity contribution in [3.63, 3.8) is 0 Å². The SMILES string of the molecule is COC(=O)C(OC(=O)N[C@@H]1C[C@@H](O[C@H]2C[C@](O)(C(=O)CO)Cc3c(O)c4c(c(O)c32)C(=O)c2c(OC)cccc2C4=O)O[C@H](C)[C@H]1O)c1ccc(NC(=O)OCc2cc(OC)cc(OC)c2)cc1. The smallest absolute Gasteiger partial charge is 0.411 e. The predicted octanol–water partition coefficient (Wildman–Crippen LogP) is 3.45. The van der Waals surface area contributed by atoms with E-state index in [1.807, 2.05) is 0 Å². The summed E-state index contributed by atoms with van der Waals surface area (Å²) < 4.78 is 43.6. The summed E-state index contributed by atoms with van der Waals surface area (Å²) in [7, 11) is 5.32. The number of nitrogens with one attached hydrogen (secondary N) is 2. The van der Waals surface area contributed by atoms with Gasteiger partial charge in [-0.2, -0.15) is 0 Å². The Morgan fingerprint density at radius 3 is 2.18 bits per heavy atom. The molecule has 3 aliphatic rings. The average molecular weight is 945 g/mol. The number of rotatable bonds is 14. The van der Waals surface area contributed by atoms with E-state index in [9.17, 15) is 54.3 Å². The lowest BCUT2D eigenvalue weighted by atomic mass is 9.72. The molecule has 21 nitrogen and oxygen atoms in total. The number of alkyl carbamates (subject to hydrolysis) is 1. The second-order valence-electron chi connectivity index (χ2n) is 16.1. The summed E-state index contributed by atoms with van der Waals surface area (Å²) in [6.07, 6.45) is -10.9. The van der Waals surface area contributed by atoms with E-state index < -0.39 is 120 Å². The van der Waals surface area contributed by atoms with E-state index >= 15 is 0 Å². The van der Waals surface area contributed by atoms with Gasteiger partial charge in [-0.15, -0.1) is 0 Å². The third kappa shape index (κ3) is 9.46. The Labute approximate surface area is 387 Å². The standard InChI is InChI=1S/C47H48N2O19/c1-21-38(52)29(49-46(59)68-43(44(57)64-5)23-9-11-24(12-10-23)48-45(58)65-20-22-13-25(61-2)15-26(14-22)62-3)16-33(66-21)67-31-18-47(60,32(51)19-50)17-28-35(31)42(56)37-36(40(28)54)39(53)27-7-6-8-30(63-4)34(27)41(37)55/h6-15,21,29,31,33,38,43,50,52,54,56,60H,16-20H2,1-5H3,(H,48,58)(H,49,59)/t21-,29-,31+,33-,38-,43?,47+/m1/s1. The summed E-state index contributed by atoms with van der Waals surface area (Å²) in [6, 6.07) is 13.6. The molecule has 1 saturated heterocycles. The number of ether oxygens (including phenoxy) is 8. The number of amides is 2. The van der Waals surface area contributed by atoms with E-state index in [0.29, 0.717) is 17.1 Å². The van der Waals surface area contributed by atoms with Crippen LogP contribution in [-0.4, -0.2) is 126 Å². The van der Waals surface area contributed by atoms with Crippen LogP contribution in [-0.2, 0) is 46.3 Å². The summed E-state index contributed by atoms with van der Waals surface area (Å²) in [6.45, 7) is 0.186. The summed E-state index contributed by atoms with van der Waals surface area (Å²) >= 11 is 0. The van der Waals surface area contributed by atoms with Crippen molar-refractivity contribution in [2.75, 3.05) is 40.4 Å². The van der Waals surface area contributed by atoms with Gasteiger partial charge < -0.3 is 68.7 Å². The van der Waals surface area contributed by atoms with Gasteiger partial charge in [0.2, 0.25) is 11.9 Å². The number of aliphatic hydroxyl groups is 3. The maximum Gasteiger partial charge on any atom is 0.411 e. The van der Waals surface area contributed by atoms with Gasteiger partial charge in [0.25, 0.3) is 0 Å². The molecule has 7 N–H and O–H groups in total. The van der Waals surface area contributed by atoms with E-state index in [0.717, 1.165) is 7.11 Å². The number of benzene rings is 4. The van der Waals surface area contributed by atoms with Gasteiger partial charge >= 0.3 is 18.2 Å². The number of phenols is 2. The lowest BCUT2D eigenvalue weighted by Crippen LogP contribution is -2.56. The highest BCUT2D eigenvalue weighted by Crippen LogP contribution is 2.52. The fourth-order valence-corrected chi connectivity index (χ4v) is 8.50. The summed E-state index contributed by atoms with van der Waals surface area (Å²) in [5, 5.41) is 61.2. The molecular weight excluding hydrogens is 897 g/mol. The van der Waals surface area contributed by atoms with Gasteiger partial charge in [-0.3, -0.25) is 19.7 Å². The fourth-order valence-electron chi connectivity index (χ4n) is 8.50. The molecule has 2 aliphatic carbocycles. The second-order valence-corrected chi connectivity index (χ2v) is 16.1. The average Bonchev–Trinajstić information content (AvgIpc) is 3.33. The predicted molar refractivity (Wildman–Crippen MR) is 232 cm³/mol. The number of aromatic hydroxyl groups is 2. The molecule has 0 bridgehead atoms. The molecule has 2 amide bonds. The number of ketones is 3. The number of carbonyl (C=O) groups excluding carboxylic acids is 6. The highest BCUT2D eigenvalue weighted by atomic mass is 16.7. The third-order valence-corrected chi connectivity index (χ3v) is 11.9. The van der Waals surface area contributed by atoms with Crippen LogP contribution >= 0.6 is 0 Å². The monoisotopic (exact) mass is 944 g/mol. The first kappa shape index (κ1) is 48.6. The molecule has 0 saturated carbocycles. The first-order valence-electron chi connectivity index (χ1n) is 21.0. The van der Waals surface area contributed by atoms with Crippen molar-refractivity contribution in [3.05, 3.63) is 105 Å². The molecule has 1 unspecified atom stereocenters. The van der Waals surface area contributed by atoms with E-state index in [4.69, 9.17) is 37.9 Å².